The van der Waals surface area contributed by atoms with Crippen LogP contribution >= 0.6 is 11.6 Å². The first kappa shape index (κ1) is 10.1. The molecule has 0 saturated heterocycles. The molecule has 0 spiro atoms. The molecule has 0 aromatic carbocycles. The summed E-state index contributed by atoms with van der Waals surface area (Å²) in [5.41, 5.74) is 2.53. The summed E-state index contributed by atoms with van der Waals surface area (Å²) in [6.45, 7) is -0.0630. The van der Waals surface area contributed by atoms with Crippen LogP contribution in [-0.2, 0) is 6.61 Å². The van der Waals surface area contributed by atoms with Gasteiger partial charge in [0.2, 0.25) is 0 Å². The Morgan fingerprint density at radius 3 is 2.87 bits per heavy atom. The van der Waals surface area contributed by atoms with Gasteiger partial charge >= 0.3 is 0 Å². The molecule has 1 N–H and O–H groups in total. The summed E-state index contributed by atoms with van der Waals surface area (Å²) in [6.07, 6.45) is 5.07. The molecule has 0 amide bonds. The summed E-state index contributed by atoms with van der Waals surface area (Å²) in [5, 5.41) is 9.58. The van der Waals surface area contributed by atoms with Crippen molar-refractivity contribution in [2.75, 3.05) is 0 Å². The predicted octanol–water partition coefficient (Wildman–Crippen LogP) is 2.29. The summed E-state index contributed by atoms with van der Waals surface area (Å²) in [6, 6.07) is 5.41. The minimum absolute atomic E-state index is 0.0630. The zero-order valence-corrected chi connectivity index (χ0v) is 8.65. The molecule has 2 heterocycles. The highest BCUT2D eigenvalue weighted by atomic mass is 35.5. The van der Waals surface area contributed by atoms with E-state index in [1.54, 1.807) is 24.7 Å². The minimum Gasteiger partial charge on any atom is -0.392 e. The maximum absolute atomic E-state index is 9.20. The molecule has 2 aromatic rings. The Morgan fingerprint density at radius 1 is 1.33 bits per heavy atom. The van der Waals surface area contributed by atoms with E-state index in [0.29, 0.717) is 5.15 Å². The first-order valence-corrected chi connectivity index (χ1v) is 4.84. The number of hydrogen-bond donors (Lipinski definition) is 1. The van der Waals surface area contributed by atoms with E-state index in [1.807, 2.05) is 12.1 Å². The van der Waals surface area contributed by atoms with Crippen LogP contribution in [0.4, 0.5) is 0 Å². The Morgan fingerprint density at radius 2 is 2.20 bits per heavy atom. The van der Waals surface area contributed by atoms with Crippen LogP contribution in [0.3, 0.4) is 0 Å². The lowest BCUT2D eigenvalue weighted by Gasteiger charge is -2.06. The Balaban J connectivity index is 2.53. The third-order valence-electron chi connectivity index (χ3n) is 2.10. The highest BCUT2D eigenvalue weighted by Gasteiger charge is 2.05. The van der Waals surface area contributed by atoms with Gasteiger partial charge in [0, 0.05) is 29.7 Å². The SMILES string of the molecule is OCc1cc(Cl)ncc1-c1cccnc1. The predicted molar refractivity (Wildman–Crippen MR) is 58.4 cm³/mol. The monoisotopic (exact) mass is 220 g/mol. The highest BCUT2D eigenvalue weighted by molar-refractivity contribution is 6.29. The van der Waals surface area contributed by atoms with Crippen LogP contribution in [0.15, 0.2) is 36.8 Å². The molecule has 0 fully saturated rings. The van der Waals surface area contributed by atoms with Crippen molar-refractivity contribution in [3.05, 3.63) is 47.5 Å². The van der Waals surface area contributed by atoms with Crippen LogP contribution in [0.1, 0.15) is 5.56 Å². The Kier molecular flexibility index (Phi) is 2.94. The van der Waals surface area contributed by atoms with Gasteiger partial charge < -0.3 is 5.11 Å². The molecule has 2 aromatic heterocycles. The number of halogens is 1. The summed E-state index contributed by atoms with van der Waals surface area (Å²) in [4.78, 5) is 8.01. The number of aromatic nitrogens is 2. The maximum Gasteiger partial charge on any atom is 0.129 e. The van der Waals surface area contributed by atoms with E-state index in [2.05, 4.69) is 9.97 Å². The second-order valence-electron chi connectivity index (χ2n) is 3.06. The summed E-state index contributed by atoms with van der Waals surface area (Å²) >= 11 is 5.75. The van der Waals surface area contributed by atoms with E-state index in [9.17, 15) is 5.11 Å². The Bertz CT molecular complexity index is 459. The molecule has 0 unspecified atom stereocenters. The molecule has 76 valence electrons. The first-order chi connectivity index (χ1) is 7.31. The quantitative estimate of drug-likeness (QED) is 0.790. The first-order valence-electron chi connectivity index (χ1n) is 4.47. The molecule has 0 aliphatic heterocycles. The normalized spacial score (nSPS) is 10.3. The third kappa shape index (κ3) is 2.14. The van der Waals surface area contributed by atoms with E-state index in [4.69, 9.17) is 11.6 Å². The van der Waals surface area contributed by atoms with Crippen molar-refractivity contribution in [2.24, 2.45) is 0 Å². The van der Waals surface area contributed by atoms with Gasteiger partial charge in [0.05, 0.1) is 6.61 Å². The number of aliphatic hydroxyl groups excluding tert-OH is 1. The molecule has 15 heavy (non-hydrogen) atoms. The zero-order chi connectivity index (χ0) is 10.7. The van der Waals surface area contributed by atoms with Crippen molar-refractivity contribution in [3.63, 3.8) is 0 Å². The lowest BCUT2D eigenvalue weighted by molar-refractivity contribution is 0.282. The molecular weight excluding hydrogens is 212 g/mol. The number of hydrogen-bond acceptors (Lipinski definition) is 3. The van der Waals surface area contributed by atoms with Crippen LogP contribution in [0, 0.1) is 0 Å². The van der Waals surface area contributed by atoms with E-state index >= 15 is 0 Å². The van der Waals surface area contributed by atoms with Crippen LogP contribution in [0.2, 0.25) is 5.15 Å². The average molecular weight is 221 g/mol. The van der Waals surface area contributed by atoms with Crippen LogP contribution in [-0.4, -0.2) is 15.1 Å². The van der Waals surface area contributed by atoms with Gasteiger partial charge in [-0.2, -0.15) is 0 Å². The fourth-order valence-corrected chi connectivity index (χ4v) is 1.56. The largest absolute Gasteiger partial charge is 0.392 e. The molecular formula is C11H9ClN2O. The fourth-order valence-electron chi connectivity index (χ4n) is 1.38. The Hall–Kier alpha value is -1.45. The molecule has 0 radical (unpaired) electrons. The summed E-state index contributed by atoms with van der Waals surface area (Å²) in [7, 11) is 0. The molecule has 0 atom stereocenters. The molecule has 2 rings (SSSR count). The van der Waals surface area contributed by atoms with Gasteiger partial charge in [-0.25, -0.2) is 4.98 Å². The van der Waals surface area contributed by atoms with Gasteiger partial charge in [-0.05, 0) is 17.7 Å². The van der Waals surface area contributed by atoms with Crippen molar-refractivity contribution in [2.45, 2.75) is 6.61 Å². The molecule has 0 saturated carbocycles. The number of nitrogens with zero attached hydrogens (tertiary/aromatic N) is 2. The van der Waals surface area contributed by atoms with Crippen molar-refractivity contribution >= 4 is 11.6 Å². The molecule has 4 heteroatoms. The zero-order valence-electron chi connectivity index (χ0n) is 7.89. The van der Waals surface area contributed by atoms with Gasteiger partial charge in [-0.3, -0.25) is 4.98 Å². The van der Waals surface area contributed by atoms with Crippen LogP contribution in [0.25, 0.3) is 11.1 Å². The van der Waals surface area contributed by atoms with Crippen molar-refractivity contribution < 1.29 is 5.11 Å². The van der Waals surface area contributed by atoms with Crippen molar-refractivity contribution in [1.29, 1.82) is 0 Å². The lowest BCUT2D eigenvalue weighted by atomic mass is 10.0. The second kappa shape index (κ2) is 4.38. The van der Waals surface area contributed by atoms with Gasteiger partial charge in [0.25, 0.3) is 0 Å². The van der Waals surface area contributed by atoms with Crippen LogP contribution in [0.5, 0.6) is 0 Å². The van der Waals surface area contributed by atoms with Gasteiger partial charge in [-0.1, -0.05) is 17.7 Å². The minimum atomic E-state index is -0.0630. The van der Waals surface area contributed by atoms with E-state index in [1.165, 1.54) is 0 Å². The molecule has 0 aliphatic rings. The van der Waals surface area contributed by atoms with Crippen molar-refractivity contribution in [3.8, 4) is 11.1 Å². The van der Waals surface area contributed by atoms with Gasteiger partial charge in [0.1, 0.15) is 5.15 Å². The standard InChI is InChI=1S/C11H9ClN2O/c12-11-4-9(7-15)10(6-14-11)8-2-1-3-13-5-8/h1-6,15H,7H2. The van der Waals surface area contributed by atoms with Crippen molar-refractivity contribution in [1.82, 2.24) is 9.97 Å². The maximum atomic E-state index is 9.20. The molecule has 0 bridgehead atoms. The second-order valence-corrected chi connectivity index (χ2v) is 3.45. The highest BCUT2D eigenvalue weighted by Crippen LogP contribution is 2.23. The fraction of sp³-hybridized carbons (Fsp3) is 0.0909. The number of aliphatic hydroxyl groups is 1. The van der Waals surface area contributed by atoms with Crippen LogP contribution < -0.4 is 0 Å². The van der Waals surface area contributed by atoms with Gasteiger partial charge in [-0.15, -0.1) is 0 Å². The topological polar surface area (TPSA) is 46.0 Å². The summed E-state index contributed by atoms with van der Waals surface area (Å²) in [5.74, 6) is 0. The smallest absolute Gasteiger partial charge is 0.129 e. The molecule has 3 nitrogen and oxygen atoms in total. The van der Waals surface area contributed by atoms with E-state index in [-0.39, 0.29) is 6.61 Å². The third-order valence-corrected chi connectivity index (χ3v) is 2.31. The Labute approximate surface area is 92.4 Å². The lowest BCUT2D eigenvalue weighted by Crippen LogP contribution is -1.91. The number of rotatable bonds is 2. The van der Waals surface area contributed by atoms with E-state index < -0.39 is 0 Å². The number of pyridine rings is 2. The van der Waals surface area contributed by atoms with E-state index in [0.717, 1.165) is 16.7 Å². The average Bonchev–Trinajstić information content (AvgIpc) is 2.30. The molecule has 0 aliphatic carbocycles. The van der Waals surface area contributed by atoms with Gasteiger partial charge in [0.15, 0.2) is 0 Å². The summed E-state index contributed by atoms with van der Waals surface area (Å²) < 4.78 is 0.